The van der Waals surface area contributed by atoms with Crippen LogP contribution in [0.2, 0.25) is 0 Å². The molecule has 0 aromatic heterocycles. The summed E-state index contributed by atoms with van der Waals surface area (Å²) in [4.78, 5) is 26.8. The van der Waals surface area contributed by atoms with Crippen molar-refractivity contribution in [1.82, 2.24) is 10.2 Å². The van der Waals surface area contributed by atoms with Gasteiger partial charge in [-0.3, -0.25) is 13.8 Å². The van der Waals surface area contributed by atoms with Crippen LogP contribution < -0.4 is 5.32 Å². The van der Waals surface area contributed by atoms with Gasteiger partial charge >= 0.3 is 0 Å². The Balaban J connectivity index is 2.21. The maximum atomic E-state index is 12.8. The molecule has 0 aromatic rings. The van der Waals surface area contributed by atoms with Crippen molar-refractivity contribution in [3.63, 3.8) is 0 Å². The molecule has 1 heterocycles. The standard InChI is InChI=1S/C14H24N2O3S/c1-3-11-12(17)15-14(7-5-4-6-8-14)13(18)16(11)9-10-20(2)19/h11H,3-10H2,1-2H3,(H,15,17). The Labute approximate surface area is 122 Å². The Morgan fingerprint density at radius 1 is 1.30 bits per heavy atom. The first-order chi connectivity index (χ1) is 9.50. The first-order valence-electron chi connectivity index (χ1n) is 7.43. The van der Waals surface area contributed by atoms with Gasteiger partial charge in [-0.2, -0.15) is 0 Å². The Morgan fingerprint density at radius 2 is 1.95 bits per heavy atom. The lowest BCUT2D eigenvalue weighted by molar-refractivity contribution is -0.156. The molecular formula is C14H24N2O3S. The molecule has 114 valence electrons. The first kappa shape index (κ1) is 15.5. The van der Waals surface area contributed by atoms with E-state index in [2.05, 4.69) is 5.32 Å². The van der Waals surface area contributed by atoms with E-state index in [0.717, 1.165) is 32.1 Å². The van der Waals surface area contributed by atoms with E-state index >= 15 is 0 Å². The maximum Gasteiger partial charge on any atom is 0.249 e. The molecule has 2 atom stereocenters. The normalized spacial score (nSPS) is 27.5. The third kappa shape index (κ3) is 2.90. The molecular weight excluding hydrogens is 276 g/mol. The summed E-state index contributed by atoms with van der Waals surface area (Å²) in [5, 5.41) is 2.99. The number of rotatable bonds is 4. The third-order valence-electron chi connectivity index (χ3n) is 4.43. The summed E-state index contributed by atoms with van der Waals surface area (Å²) in [6, 6.07) is -0.404. The fraction of sp³-hybridized carbons (Fsp3) is 0.857. The maximum absolute atomic E-state index is 12.8. The lowest BCUT2D eigenvalue weighted by Crippen LogP contribution is -2.71. The molecule has 2 aliphatic rings. The molecule has 2 rings (SSSR count). The highest BCUT2D eigenvalue weighted by atomic mass is 32.2. The molecule has 2 amide bonds. The molecule has 6 heteroatoms. The fourth-order valence-corrected chi connectivity index (χ4v) is 3.77. The molecule has 1 saturated heterocycles. The Morgan fingerprint density at radius 3 is 2.50 bits per heavy atom. The van der Waals surface area contributed by atoms with E-state index < -0.39 is 22.4 Å². The average Bonchev–Trinajstić information content (AvgIpc) is 2.42. The monoisotopic (exact) mass is 300 g/mol. The number of nitrogens with one attached hydrogen (secondary N) is 1. The summed E-state index contributed by atoms with van der Waals surface area (Å²) in [5.41, 5.74) is -0.684. The highest BCUT2D eigenvalue weighted by Gasteiger charge is 2.50. The minimum atomic E-state index is -0.952. The van der Waals surface area contributed by atoms with Crippen molar-refractivity contribution in [1.29, 1.82) is 0 Å². The van der Waals surface area contributed by atoms with Crippen LogP contribution >= 0.6 is 0 Å². The Hall–Kier alpha value is -0.910. The lowest BCUT2D eigenvalue weighted by atomic mass is 9.78. The van der Waals surface area contributed by atoms with Gasteiger partial charge in [0.05, 0.1) is 0 Å². The Kier molecular flexibility index (Phi) is 4.83. The van der Waals surface area contributed by atoms with Gasteiger partial charge in [-0.1, -0.05) is 26.2 Å². The van der Waals surface area contributed by atoms with E-state index in [-0.39, 0.29) is 11.8 Å². The van der Waals surface area contributed by atoms with Gasteiger partial charge < -0.3 is 10.2 Å². The third-order valence-corrected chi connectivity index (χ3v) is 5.18. The molecule has 1 aliphatic carbocycles. The van der Waals surface area contributed by atoms with Crippen molar-refractivity contribution in [2.24, 2.45) is 0 Å². The number of hydrogen-bond donors (Lipinski definition) is 1. The number of hydrogen-bond acceptors (Lipinski definition) is 3. The van der Waals surface area contributed by atoms with Crippen molar-refractivity contribution >= 4 is 22.6 Å². The average molecular weight is 300 g/mol. The van der Waals surface area contributed by atoms with Crippen molar-refractivity contribution in [3.05, 3.63) is 0 Å². The van der Waals surface area contributed by atoms with E-state index in [1.165, 1.54) is 0 Å². The number of amides is 2. The summed E-state index contributed by atoms with van der Waals surface area (Å²) in [6.45, 7) is 2.32. The molecule has 1 aliphatic heterocycles. The molecule has 0 radical (unpaired) electrons. The number of carbonyl (C=O) groups is 2. The smallest absolute Gasteiger partial charge is 0.249 e. The summed E-state index contributed by atoms with van der Waals surface area (Å²) < 4.78 is 11.3. The summed E-state index contributed by atoms with van der Waals surface area (Å²) in [5.74, 6) is 0.427. The fourth-order valence-electron chi connectivity index (χ4n) is 3.31. The zero-order valence-electron chi connectivity index (χ0n) is 12.3. The van der Waals surface area contributed by atoms with Crippen LogP contribution in [0.3, 0.4) is 0 Å². The van der Waals surface area contributed by atoms with Crippen molar-refractivity contribution in [3.8, 4) is 0 Å². The van der Waals surface area contributed by atoms with Crippen LogP contribution in [-0.4, -0.2) is 51.1 Å². The summed E-state index contributed by atoms with van der Waals surface area (Å²) in [6.07, 6.45) is 6.79. The lowest BCUT2D eigenvalue weighted by Gasteiger charge is -2.47. The topological polar surface area (TPSA) is 66.5 Å². The highest BCUT2D eigenvalue weighted by molar-refractivity contribution is 7.84. The van der Waals surface area contributed by atoms with Gasteiger partial charge in [-0.15, -0.1) is 0 Å². The van der Waals surface area contributed by atoms with Gasteiger partial charge in [-0.05, 0) is 19.3 Å². The number of piperazine rings is 1. The number of nitrogens with zero attached hydrogens (tertiary/aromatic N) is 1. The minimum absolute atomic E-state index is 0.0362. The number of carbonyl (C=O) groups excluding carboxylic acids is 2. The van der Waals surface area contributed by atoms with Crippen molar-refractivity contribution < 1.29 is 13.8 Å². The van der Waals surface area contributed by atoms with Gasteiger partial charge in [0.1, 0.15) is 11.6 Å². The van der Waals surface area contributed by atoms with Gasteiger partial charge in [0.15, 0.2) is 0 Å². The van der Waals surface area contributed by atoms with Crippen molar-refractivity contribution in [2.75, 3.05) is 18.6 Å². The van der Waals surface area contributed by atoms with Gasteiger partial charge in [0, 0.05) is 29.4 Å². The van der Waals surface area contributed by atoms with Crippen LogP contribution in [0.1, 0.15) is 45.4 Å². The zero-order valence-corrected chi connectivity index (χ0v) is 13.1. The molecule has 1 saturated carbocycles. The molecule has 20 heavy (non-hydrogen) atoms. The molecule has 0 bridgehead atoms. The second-order valence-electron chi connectivity index (χ2n) is 5.83. The van der Waals surface area contributed by atoms with Crippen LogP contribution in [0.15, 0.2) is 0 Å². The molecule has 1 spiro atoms. The summed E-state index contributed by atoms with van der Waals surface area (Å²) in [7, 11) is -0.952. The van der Waals surface area contributed by atoms with E-state index in [1.807, 2.05) is 6.92 Å². The molecule has 0 aromatic carbocycles. The second kappa shape index (κ2) is 6.24. The molecule has 1 N–H and O–H groups in total. The molecule has 5 nitrogen and oxygen atoms in total. The first-order valence-corrected chi connectivity index (χ1v) is 9.16. The predicted octanol–water partition coefficient (Wildman–Crippen LogP) is 0.805. The second-order valence-corrected chi connectivity index (χ2v) is 7.39. The van der Waals surface area contributed by atoms with Crippen LogP contribution in [0, 0.1) is 0 Å². The van der Waals surface area contributed by atoms with Crippen LogP contribution in [0.5, 0.6) is 0 Å². The molecule has 2 fully saturated rings. The quantitative estimate of drug-likeness (QED) is 0.835. The van der Waals surface area contributed by atoms with Gasteiger partial charge in [0.2, 0.25) is 11.8 Å². The minimum Gasteiger partial charge on any atom is -0.340 e. The van der Waals surface area contributed by atoms with Crippen molar-refractivity contribution in [2.45, 2.75) is 57.0 Å². The predicted molar refractivity (Wildman–Crippen MR) is 78.7 cm³/mol. The highest BCUT2D eigenvalue weighted by Crippen LogP contribution is 2.33. The summed E-state index contributed by atoms with van der Waals surface area (Å²) >= 11 is 0. The van der Waals surface area contributed by atoms with Crippen LogP contribution in [-0.2, 0) is 20.4 Å². The molecule has 2 unspecified atom stereocenters. The van der Waals surface area contributed by atoms with Gasteiger partial charge in [-0.25, -0.2) is 0 Å². The van der Waals surface area contributed by atoms with Crippen LogP contribution in [0.25, 0.3) is 0 Å². The Bertz CT molecular complexity index is 419. The van der Waals surface area contributed by atoms with E-state index in [0.29, 0.717) is 18.7 Å². The SMILES string of the molecule is CCC1C(=O)NC2(CCCCC2)C(=O)N1CCS(C)=O. The van der Waals surface area contributed by atoms with Gasteiger partial charge in [0.25, 0.3) is 0 Å². The van der Waals surface area contributed by atoms with E-state index in [9.17, 15) is 13.8 Å². The largest absolute Gasteiger partial charge is 0.340 e. The van der Waals surface area contributed by atoms with E-state index in [4.69, 9.17) is 0 Å². The van der Waals surface area contributed by atoms with Crippen LogP contribution in [0.4, 0.5) is 0 Å². The van der Waals surface area contributed by atoms with E-state index in [1.54, 1.807) is 11.2 Å². The zero-order chi connectivity index (χ0) is 14.8.